The largest absolute Gasteiger partial charge is 0.450 e. The number of carbonyl (C=O) groups excluding carboxylic acids is 5. The number of alkyl carbamates (subject to hydrolysis) is 2. The van der Waals surface area contributed by atoms with Crippen molar-refractivity contribution >= 4 is 29.9 Å². The van der Waals surface area contributed by atoms with Crippen LogP contribution in [0.3, 0.4) is 0 Å². The summed E-state index contributed by atoms with van der Waals surface area (Å²) in [4.78, 5) is 60.3. The Bertz CT molecular complexity index is 673. The molecule has 1 heterocycles. The van der Waals surface area contributed by atoms with E-state index in [1.54, 1.807) is 20.9 Å². The SMILES string of the molecule is CCOC(=O)NCCCCC(CCNC(=O)CCN1C(=O)CC(NC)C1=O)NC(=O)OCC. The molecule has 2 atom stereocenters. The van der Waals surface area contributed by atoms with Gasteiger partial charge in [0, 0.05) is 32.1 Å². The molecule has 0 aromatic heterocycles. The van der Waals surface area contributed by atoms with Gasteiger partial charge >= 0.3 is 12.2 Å². The standard InChI is InChI=1S/C21H37N5O7/c1-4-32-20(30)24-11-7-6-8-15(25-21(31)33-5-2)9-12-23-17(27)10-13-26-18(28)14-16(22-3)19(26)29/h15-16,22H,4-14H2,1-3H3,(H,23,27)(H,24,30)(H,25,31). The van der Waals surface area contributed by atoms with Crippen molar-refractivity contribution in [3.63, 3.8) is 0 Å². The number of amides is 5. The van der Waals surface area contributed by atoms with Gasteiger partial charge in [0.15, 0.2) is 0 Å². The lowest BCUT2D eigenvalue weighted by Crippen LogP contribution is -2.40. The first-order chi connectivity index (χ1) is 15.8. The number of imide groups is 1. The highest BCUT2D eigenvalue weighted by Crippen LogP contribution is 2.13. The van der Waals surface area contributed by atoms with Crippen LogP contribution in [-0.4, -0.2) is 86.8 Å². The molecule has 12 nitrogen and oxygen atoms in total. The van der Waals surface area contributed by atoms with Crippen LogP contribution in [0.2, 0.25) is 0 Å². The average Bonchev–Trinajstić information content (AvgIpc) is 3.04. The van der Waals surface area contributed by atoms with Crippen LogP contribution in [0.1, 0.15) is 52.4 Å². The first-order valence-corrected chi connectivity index (χ1v) is 11.4. The first-order valence-electron chi connectivity index (χ1n) is 11.4. The van der Waals surface area contributed by atoms with Crippen molar-refractivity contribution in [2.45, 2.75) is 64.5 Å². The summed E-state index contributed by atoms with van der Waals surface area (Å²) in [6.45, 7) is 4.83. The minimum Gasteiger partial charge on any atom is -0.450 e. The van der Waals surface area contributed by atoms with Crippen molar-refractivity contribution in [3.8, 4) is 0 Å². The Morgan fingerprint density at radius 1 is 1.00 bits per heavy atom. The minimum absolute atomic E-state index is 0.0173. The predicted octanol–water partition coefficient (Wildman–Crippen LogP) is 0.261. The summed E-state index contributed by atoms with van der Waals surface area (Å²) in [5.74, 6) is -0.883. The highest BCUT2D eigenvalue weighted by molar-refractivity contribution is 6.05. The van der Waals surface area contributed by atoms with E-state index in [-0.39, 0.29) is 49.8 Å². The van der Waals surface area contributed by atoms with E-state index >= 15 is 0 Å². The van der Waals surface area contributed by atoms with Crippen molar-refractivity contribution in [2.75, 3.05) is 39.9 Å². The lowest BCUT2D eigenvalue weighted by Gasteiger charge is -2.19. The molecule has 1 aliphatic rings. The number of likely N-dealkylation sites (N-methyl/N-ethyl adjacent to an activating group) is 1. The number of carbonyl (C=O) groups is 5. The number of hydrogen-bond donors (Lipinski definition) is 4. The Hall–Kier alpha value is -2.89. The summed E-state index contributed by atoms with van der Waals surface area (Å²) in [5.41, 5.74) is 0. The topological polar surface area (TPSA) is 155 Å². The summed E-state index contributed by atoms with van der Waals surface area (Å²) in [6.07, 6.45) is 1.71. The molecule has 12 heteroatoms. The van der Waals surface area contributed by atoms with Crippen LogP contribution in [-0.2, 0) is 23.9 Å². The van der Waals surface area contributed by atoms with E-state index in [1.807, 2.05) is 0 Å². The zero-order chi connectivity index (χ0) is 24.6. The summed E-state index contributed by atoms with van der Waals surface area (Å²) < 4.78 is 9.73. The molecule has 2 unspecified atom stereocenters. The van der Waals surface area contributed by atoms with Gasteiger partial charge < -0.3 is 30.7 Å². The second kappa shape index (κ2) is 15.8. The fourth-order valence-electron chi connectivity index (χ4n) is 3.35. The molecule has 0 bridgehead atoms. The summed E-state index contributed by atoms with van der Waals surface area (Å²) in [5, 5.41) is 11.0. The Morgan fingerprint density at radius 2 is 1.70 bits per heavy atom. The molecule has 4 N–H and O–H groups in total. The Balaban J connectivity index is 2.35. The van der Waals surface area contributed by atoms with Crippen LogP contribution in [0.4, 0.5) is 9.59 Å². The molecule has 1 rings (SSSR count). The summed E-state index contributed by atoms with van der Waals surface area (Å²) in [6, 6.07) is -0.743. The maximum atomic E-state index is 12.1. The Morgan fingerprint density at radius 3 is 2.33 bits per heavy atom. The van der Waals surface area contributed by atoms with Crippen molar-refractivity contribution < 1.29 is 33.4 Å². The third-order valence-corrected chi connectivity index (χ3v) is 5.09. The van der Waals surface area contributed by atoms with Gasteiger partial charge in [-0.05, 0) is 46.6 Å². The van der Waals surface area contributed by atoms with Crippen molar-refractivity contribution in [2.24, 2.45) is 0 Å². The molecule has 0 saturated carbocycles. The van der Waals surface area contributed by atoms with Crippen LogP contribution in [0.15, 0.2) is 0 Å². The van der Waals surface area contributed by atoms with Crippen LogP contribution in [0.25, 0.3) is 0 Å². The number of nitrogens with zero attached hydrogens (tertiary/aromatic N) is 1. The highest BCUT2D eigenvalue weighted by Gasteiger charge is 2.37. The smallest absolute Gasteiger partial charge is 0.407 e. The van der Waals surface area contributed by atoms with Crippen LogP contribution >= 0.6 is 0 Å². The second-order valence-electron chi connectivity index (χ2n) is 7.52. The summed E-state index contributed by atoms with van der Waals surface area (Å²) in [7, 11) is 1.61. The van der Waals surface area contributed by atoms with Crippen LogP contribution in [0, 0.1) is 0 Å². The molecule has 33 heavy (non-hydrogen) atoms. The van der Waals surface area contributed by atoms with Crippen LogP contribution in [0.5, 0.6) is 0 Å². The Labute approximate surface area is 194 Å². The summed E-state index contributed by atoms with van der Waals surface area (Å²) >= 11 is 0. The van der Waals surface area contributed by atoms with Gasteiger partial charge in [0.2, 0.25) is 17.7 Å². The number of ether oxygens (including phenoxy) is 2. The van der Waals surface area contributed by atoms with E-state index in [0.29, 0.717) is 39.0 Å². The van der Waals surface area contributed by atoms with E-state index in [1.165, 1.54) is 0 Å². The van der Waals surface area contributed by atoms with Gasteiger partial charge in [-0.15, -0.1) is 0 Å². The molecule has 0 radical (unpaired) electrons. The molecule has 188 valence electrons. The maximum absolute atomic E-state index is 12.1. The van der Waals surface area contributed by atoms with Gasteiger partial charge in [0.1, 0.15) is 0 Å². The van der Waals surface area contributed by atoms with Gasteiger partial charge in [0.25, 0.3) is 0 Å². The number of likely N-dealkylation sites (tertiary alicyclic amines) is 1. The molecule has 0 spiro atoms. The first kappa shape index (κ1) is 28.1. The minimum atomic E-state index is -0.525. The fraction of sp³-hybridized carbons (Fsp3) is 0.762. The number of nitrogens with one attached hydrogen (secondary N) is 4. The normalized spacial score (nSPS) is 16.3. The van der Waals surface area contributed by atoms with Gasteiger partial charge in [-0.3, -0.25) is 19.3 Å². The van der Waals surface area contributed by atoms with Gasteiger partial charge in [-0.1, -0.05) is 0 Å². The predicted molar refractivity (Wildman–Crippen MR) is 119 cm³/mol. The lowest BCUT2D eigenvalue weighted by atomic mass is 10.1. The number of hydrogen-bond acceptors (Lipinski definition) is 8. The van der Waals surface area contributed by atoms with E-state index in [0.717, 1.165) is 11.3 Å². The van der Waals surface area contributed by atoms with Crippen LogP contribution < -0.4 is 21.3 Å². The molecule has 0 aromatic rings. The van der Waals surface area contributed by atoms with Gasteiger partial charge in [0.05, 0.1) is 25.7 Å². The number of unbranched alkanes of at least 4 members (excludes halogenated alkanes) is 1. The molecular weight excluding hydrogens is 434 g/mol. The van der Waals surface area contributed by atoms with Gasteiger partial charge in [-0.25, -0.2) is 9.59 Å². The molecule has 0 aliphatic carbocycles. The number of rotatable bonds is 15. The molecule has 1 aliphatic heterocycles. The van der Waals surface area contributed by atoms with Crippen molar-refractivity contribution in [3.05, 3.63) is 0 Å². The average molecular weight is 472 g/mol. The zero-order valence-corrected chi connectivity index (χ0v) is 19.7. The fourth-order valence-corrected chi connectivity index (χ4v) is 3.35. The molecule has 0 aromatic carbocycles. The third kappa shape index (κ3) is 11.0. The van der Waals surface area contributed by atoms with Gasteiger partial charge in [-0.2, -0.15) is 0 Å². The van der Waals surface area contributed by atoms with E-state index in [2.05, 4.69) is 21.3 Å². The molecule has 5 amide bonds. The molecule has 1 fully saturated rings. The van der Waals surface area contributed by atoms with E-state index in [4.69, 9.17) is 9.47 Å². The van der Waals surface area contributed by atoms with Crippen molar-refractivity contribution in [1.29, 1.82) is 0 Å². The Kier molecular flexibility index (Phi) is 13.5. The zero-order valence-electron chi connectivity index (χ0n) is 19.7. The monoisotopic (exact) mass is 471 g/mol. The van der Waals surface area contributed by atoms with E-state index < -0.39 is 18.2 Å². The maximum Gasteiger partial charge on any atom is 0.407 e. The van der Waals surface area contributed by atoms with E-state index in [9.17, 15) is 24.0 Å². The second-order valence-corrected chi connectivity index (χ2v) is 7.52. The highest BCUT2D eigenvalue weighted by atomic mass is 16.6. The lowest BCUT2D eigenvalue weighted by molar-refractivity contribution is -0.139. The molecular formula is C21H37N5O7. The third-order valence-electron chi connectivity index (χ3n) is 5.09. The quantitative estimate of drug-likeness (QED) is 0.196. The molecule has 1 saturated heterocycles. The van der Waals surface area contributed by atoms with Crippen molar-refractivity contribution in [1.82, 2.24) is 26.2 Å².